The van der Waals surface area contributed by atoms with Crippen LogP contribution in [0.4, 0.5) is 0 Å². The Hall–Kier alpha value is -2.90. The molecule has 1 aliphatic rings. The number of aliphatic hydroxyl groups is 5. The minimum Gasteiger partial charge on any atom is -0.454 e. The lowest BCUT2D eigenvalue weighted by Gasteiger charge is -2.41. The minimum absolute atomic E-state index is 0.0796. The van der Waals surface area contributed by atoms with Crippen LogP contribution in [0.5, 0.6) is 0 Å². The van der Waals surface area contributed by atoms with Crippen LogP contribution in [0.2, 0.25) is 0 Å². The summed E-state index contributed by atoms with van der Waals surface area (Å²) in [5.41, 5.74) is 0. The number of ether oxygens (including phenoxy) is 3. The zero-order valence-electron chi connectivity index (χ0n) is 47.9. The van der Waals surface area contributed by atoms with Gasteiger partial charge in [-0.15, -0.1) is 0 Å². The number of unbranched alkanes of at least 4 members (excludes halogenated alkanes) is 28. The van der Waals surface area contributed by atoms with E-state index in [0.29, 0.717) is 12.8 Å². The van der Waals surface area contributed by atoms with Gasteiger partial charge in [0.1, 0.15) is 24.4 Å². The van der Waals surface area contributed by atoms with Crippen molar-refractivity contribution in [3.63, 3.8) is 0 Å². The second kappa shape index (κ2) is 51.8. The van der Waals surface area contributed by atoms with Gasteiger partial charge in [0, 0.05) is 12.8 Å². The van der Waals surface area contributed by atoms with Crippen LogP contribution in [0.1, 0.15) is 258 Å². The highest BCUT2D eigenvalue weighted by molar-refractivity contribution is 5.81. The highest BCUT2D eigenvalue weighted by atomic mass is 16.7. The molecule has 0 saturated carbocycles. The normalized spacial score (nSPS) is 19.7. The van der Waals surface area contributed by atoms with Crippen molar-refractivity contribution in [1.82, 2.24) is 5.32 Å². The monoisotopic (exact) mass is 1060 g/mol. The van der Waals surface area contributed by atoms with Crippen LogP contribution in [0.25, 0.3) is 0 Å². The van der Waals surface area contributed by atoms with Crippen LogP contribution in [0.15, 0.2) is 72.9 Å². The molecule has 1 heterocycles. The van der Waals surface area contributed by atoms with E-state index in [2.05, 4.69) is 74.7 Å². The molecule has 1 fully saturated rings. The summed E-state index contributed by atoms with van der Waals surface area (Å²) in [7, 11) is 0. The van der Waals surface area contributed by atoms with Gasteiger partial charge in [0.15, 0.2) is 12.4 Å². The fourth-order valence-electron chi connectivity index (χ4n) is 9.17. The summed E-state index contributed by atoms with van der Waals surface area (Å²) in [6.07, 6.45) is 55.3. The quantitative estimate of drug-likeness (QED) is 0.0195. The molecule has 1 amide bonds. The van der Waals surface area contributed by atoms with Crippen molar-refractivity contribution in [2.75, 3.05) is 13.2 Å². The van der Waals surface area contributed by atoms with Crippen molar-refractivity contribution in [1.29, 1.82) is 0 Å². The first-order valence-electron chi connectivity index (χ1n) is 30.7. The number of amides is 1. The predicted molar refractivity (Wildman–Crippen MR) is 310 cm³/mol. The summed E-state index contributed by atoms with van der Waals surface area (Å²) in [6.45, 7) is 5.71. The number of allylic oxidation sites excluding steroid dienone is 10. The van der Waals surface area contributed by atoms with Gasteiger partial charge in [-0.1, -0.05) is 241 Å². The first kappa shape index (κ1) is 70.1. The van der Waals surface area contributed by atoms with Crippen molar-refractivity contribution in [3.05, 3.63) is 72.9 Å². The largest absolute Gasteiger partial charge is 0.454 e. The van der Waals surface area contributed by atoms with Gasteiger partial charge in [0.25, 0.3) is 0 Å². The Morgan fingerprint density at radius 1 is 0.520 bits per heavy atom. The van der Waals surface area contributed by atoms with Crippen molar-refractivity contribution in [3.8, 4) is 0 Å². The van der Waals surface area contributed by atoms with Crippen LogP contribution >= 0.6 is 0 Å². The maximum Gasteiger partial charge on any atom is 0.306 e. The molecule has 0 aliphatic carbocycles. The number of carbonyl (C=O) groups is 2. The molecule has 11 nitrogen and oxygen atoms in total. The maximum atomic E-state index is 13.3. The van der Waals surface area contributed by atoms with Crippen LogP contribution in [0.3, 0.4) is 0 Å². The number of rotatable bonds is 51. The van der Waals surface area contributed by atoms with Gasteiger partial charge in [0.05, 0.1) is 25.4 Å². The second-order valence-corrected chi connectivity index (χ2v) is 21.1. The topological polar surface area (TPSA) is 175 Å². The van der Waals surface area contributed by atoms with E-state index >= 15 is 0 Å². The van der Waals surface area contributed by atoms with Gasteiger partial charge in [-0.3, -0.25) is 9.59 Å². The molecule has 1 rings (SSSR count). The predicted octanol–water partition coefficient (Wildman–Crippen LogP) is 14.4. The maximum absolute atomic E-state index is 13.3. The van der Waals surface area contributed by atoms with Gasteiger partial charge in [-0.05, 0) is 77.0 Å². The molecule has 0 aromatic rings. The lowest BCUT2D eigenvalue weighted by atomic mass is 9.99. The van der Waals surface area contributed by atoms with Crippen LogP contribution in [-0.2, 0) is 23.8 Å². The summed E-state index contributed by atoms with van der Waals surface area (Å²) in [5, 5.41) is 56.8. The van der Waals surface area contributed by atoms with Crippen LogP contribution < -0.4 is 5.32 Å². The van der Waals surface area contributed by atoms with Gasteiger partial charge < -0.3 is 45.1 Å². The third kappa shape index (κ3) is 40.0. The molecule has 8 atom stereocenters. The lowest BCUT2D eigenvalue weighted by molar-refractivity contribution is -0.305. The fraction of sp³-hybridized carbons (Fsp3) is 0.781. The second-order valence-electron chi connectivity index (χ2n) is 21.1. The Labute approximate surface area is 458 Å². The van der Waals surface area contributed by atoms with E-state index in [1.807, 2.05) is 12.2 Å². The van der Waals surface area contributed by atoms with E-state index in [1.165, 1.54) is 135 Å². The van der Waals surface area contributed by atoms with E-state index in [9.17, 15) is 35.1 Å². The van der Waals surface area contributed by atoms with E-state index in [4.69, 9.17) is 14.2 Å². The van der Waals surface area contributed by atoms with Crippen LogP contribution in [0, 0.1) is 0 Å². The molecule has 6 N–H and O–H groups in total. The first-order chi connectivity index (χ1) is 36.7. The number of hydrogen-bond donors (Lipinski definition) is 6. The summed E-state index contributed by atoms with van der Waals surface area (Å²) in [5.74, 6) is -1.27. The molecule has 434 valence electrons. The highest BCUT2D eigenvalue weighted by Crippen LogP contribution is 2.26. The number of esters is 1. The van der Waals surface area contributed by atoms with E-state index < -0.39 is 67.4 Å². The van der Waals surface area contributed by atoms with E-state index in [-0.39, 0.29) is 19.4 Å². The molecule has 8 unspecified atom stereocenters. The minimum atomic E-state index is -1.63. The molecule has 1 aliphatic heterocycles. The summed E-state index contributed by atoms with van der Waals surface area (Å²) in [6, 6.07) is -1.06. The average molecular weight is 1060 g/mol. The van der Waals surface area contributed by atoms with E-state index in [0.717, 1.165) is 77.0 Å². The molecule has 1 saturated heterocycles. The molecule has 0 radical (unpaired) electrons. The Kier molecular flexibility index (Phi) is 48.5. The zero-order chi connectivity index (χ0) is 54.7. The Balaban J connectivity index is 2.70. The molecular weight excluding hydrogens is 943 g/mol. The third-order valence-electron chi connectivity index (χ3n) is 14.1. The molecule has 0 spiro atoms. The fourth-order valence-corrected chi connectivity index (χ4v) is 9.17. The van der Waals surface area contributed by atoms with Gasteiger partial charge in [-0.25, -0.2) is 0 Å². The van der Waals surface area contributed by atoms with Gasteiger partial charge >= 0.3 is 5.97 Å². The number of aliphatic hydroxyl groups excluding tert-OH is 5. The lowest BCUT2D eigenvalue weighted by Crippen LogP contribution is -2.61. The molecule has 0 bridgehead atoms. The van der Waals surface area contributed by atoms with Gasteiger partial charge in [-0.2, -0.15) is 0 Å². The number of carbonyl (C=O) groups excluding carboxylic acids is 2. The molecular formula is C64H113NO10. The number of hydrogen-bond acceptors (Lipinski definition) is 10. The summed E-state index contributed by atoms with van der Waals surface area (Å²) < 4.78 is 17.6. The SMILES string of the molecule is CCCCC/C=C\C/C=C\C/C=C\CCCCCCCCCCC(=O)OC1C(OCC(NC(=O)C(O)C/C=C/C/C=C\CCCCCCCC)C(O)/C=C/CCCCCCCCCCCCC)OC(CO)C(O)C1O. The Bertz CT molecular complexity index is 1490. The summed E-state index contributed by atoms with van der Waals surface area (Å²) in [4.78, 5) is 26.5. The van der Waals surface area contributed by atoms with Crippen molar-refractivity contribution in [2.24, 2.45) is 0 Å². The van der Waals surface area contributed by atoms with Crippen LogP contribution in [-0.4, -0.2) is 99.6 Å². The number of nitrogens with one attached hydrogen (secondary N) is 1. The third-order valence-corrected chi connectivity index (χ3v) is 14.1. The highest BCUT2D eigenvalue weighted by Gasteiger charge is 2.47. The smallest absolute Gasteiger partial charge is 0.306 e. The van der Waals surface area contributed by atoms with Crippen molar-refractivity contribution >= 4 is 11.9 Å². The summed E-state index contributed by atoms with van der Waals surface area (Å²) >= 11 is 0. The Morgan fingerprint density at radius 2 is 0.920 bits per heavy atom. The standard InChI is InChI=1S/C64H113NO10/c1-4-7-10-13-16-19-22-25-26-27-28-29-30-31-32-34-37-40-43-46-49-52-59(69)75-62-61(71)60(70)58(53-66)74-64(62)73-54-55(56(67)50-47-44-41-38-36-33-23-20-17-14-11-8-5-2)65-63(72)57(68)51-48-45-42-39-35-24-21-18-15-12-9-6-3/h16,19,25-26,28-29,35,39,45,47-48,50,55-58,60-62,64,66-68,70-71H,4-15,17-18,20-24,27,30-34,36-38,40-44,46,49,51-54H2,1-3H3,(H,65,72)/b19-16-,26-25-,29-28-,39-35-,48-45+,50-47+. The zero-order valence-corrected chi connectivity index (χ0v) is 47.9. The first-order valence-corrected chi connectivity index (χ1v) is 30.7. The Morgan fingerprint density at radius 3 is 1.40 bits per heavy atom. The van der Waals surface area contributed by atoms with Crippen molar-refractivity contribution in [2.45, 2.75) is 307 Å². The molecule has 75 heavy (non-hydrogen) atoms. The molecule has 11 heteroatoms. The van der Waals surface area contributed by atoms with Gasteiger partial charge in [0.2, 0.25) is 5.91 Å². The molecule has 0 aromatic heterocycles. The molecule has 0 aromatic carbocycles. The average Bonchev–Trinajstić information content (AvgIpc) is 3.41. The van der Waals surface area contributed by atoms with Crippen molar-refractivity contribution < 1.29 is 49.3 Å². The van der Waals surface area contributed by atoms with E-state index in [1.54, 1.807) is 12.2 Å².